The highest BCUT2D eigenvalue weighted by Crippen LogP contribution is 2.19. The fourth-order valence-electron chi connectivity index (χ4n) is 2.42. The Morgan fingerprint density at radius 3 is 2.65 bits per heavy atom. The van der Waals surface area contributed by atoms with E-state index in [0.29, 0.717) is 6.04 Å². The average Bonchev–Trinajstić information content (AvgIpc) is 2.52. The van der Waals surface area contributed by atoms with E-state index in [1.165, 1.54) is 30.4 Å². The molecule has 2 rings (SSSR count). The van der Waals surface area contributed by atoms with Gasteiger partial charge in [-0.25, -0.2) is 0 Å². The van der Waals surface area contributed by atoms with Crippen molar-refractivity contribution in [1.82, 2.24) is 10.3 Å². The van der Waals surface area contributed by atoms with E-state index < -0.39 is 0 Å². The fraction of sp³-hybridized carbons (Fsp3) is 0.389. The highest BCUT2D eigenvalue weighted by atomic mass is 14.9. The van der Waals surface area contributed by atoms with Crippen molar-refractivity contribution in [2.75, 3.05) is 6.54 Å². The summed E-state index contributed by atoms with van der Waals surface area (Å²) in [5.74, 6) is 0. The van der Waals surface area contributed by atoms with Gasteiger partial charge in [-0.05, 0) is 36.6 Å². The van der Waals surface area contributed by atoms with Gasteiger partial charge in [0.05, 0.1) is 0 Å². The zero-order valence-corrected chi connectivity index (χ0v) is 12.3. The van der Waals surface area contributed by atoms with Gasteiger partial charge in [-0.1, -0.05) is 56.2 Å². The van der Waals surface area contributed by atoms with Crippen LogP contribution in [0.5, 0.6) is 0 Å². The third-order valence-corrected chi connectivity index (χ3v) is 3.58. The second-order valence-electron chi connectivity index (χ2n) is 5.17. The minimum atomic E-state index is 0.466. The molecule has 106 valence electrons. The summed E-state index contributed by atoms with van der Waals surface area (Å²) in [5.41, 5.74) is 2.69. The molecule has 1 atom stereocenters. The first kappa shape index (κ1) is 14.7. The van der Waals surface area contributed by atoms with Crippen molar-refractivity contribution in [1.29, 1.82) is 0 Å². The van der Waals surface area contributed by atoms with E-state index in [9.17, 15) is 0 Å². The molecule has 1 N–H and O–H groups in total. The molecule has 0 spiro atoms. The molecule has 20 heavy (non-hydrogen) atoms. The lowest BCUT2D eigenvalue weighted by molar-refractivity contribution is 0.484. The summed E-state index contributed by atoms with van der Waals surface area (Å²) in [6, 6.07) is 15.4. The maximum atomic E-state index is 4.16. The van der Waals surface area contributed by atoms with Crippen LogP contribution in [0.3, 0.4) is 0 Å². The Kier molecular flexibility index (Phi) is 6.25. The Morgan fingerprint density at radius 2 is 1.95 bits per heavy atom. The van der Waals surface area contributed by atoms with E-state index in [0.717, 1.165) is 13.0 Å². The van der Waals surface area contributed by atoms with Crippen LogP contribution in [0.15, 0.2) is 54.9 Å². The molecular weight excluding hydrogens is 244 g/mol. The molecule has 0 radical (unpaired) electrons. The van der Waals surface area contributed by atoms with Crippen LogP contribution in [0.2, 0.25) is 0 Å². The zero-order valence-electron chi connectivity index (χ0n) is 12.3. The molecule has 0 aliphatic carbocycles. The van der Waals surface area contributed by atoms with Crippen molar-refractivity contribution >= 4 is 0 Å². The van der Waals surface area contributed by atoms with Crippen LogP contribution in [-0.2, 0) is 6.42 Å². The second kappa shape index (κ2) is 8.49. The van der Waals surface area contributed by atoms with E-state index in [2.05, 4.69) is 53.6 Å². The van der Waals surface area contributed by atoms with Gasteiger partial charge in [-0.3, -0.25) is 4.98 Å². The number of nitrogens with zero attached hydrogens (tertiary/aromatic N) is 1. The maximum Gasteiger partial charge on any atom is 0.0320 e. The predicted octanol–water partition coefficient (Wildman–Crippen LogP) is 4.15. The lowest BCUT2D eigenvalue weighted by Gasteiger charge is -2.19. The Labute approximate surface area is 122 Å². The molecule has 2 heteroatoms. The molecule has 0 aliphatic rings. The molecule has 0 aliphatic heterocycles. The third kappa shape index (κ3) is 4.78. The van der Waals surface area contributed by atoms with Crippen LogP contribution in [-0.4, -0.2) is 11.5 Å². The minimum Gasteiger partial charge on any atom is -0.310 e. The van der Waals surface area contributed by atoms with Crippen LogP contribution in [0.4, 0.5) is 0 Å². The summed E-state index contributed by atoms with van der Waals surface area (Å²) < 4.78 is 0. The molecule has 2 nitrogen and oxygen atoms in total. The molecule has 0 bridgehead atoms. The summed E-state index contributed by atoms with van der Waals surface area (Å²) in [6.45, 7) is 3.24. The van der Waals surface area contributed by atoms with Crippen molar-refractivity contribution in [3.05, 3.63) is 66.0 Å². The van der Waals surface area contributed by atoms with Crippen LogP contribution in [0.25, 0.3) is 0 Å². The van der Waals surface area contributed by atoms with Crippen molar-refractivity contribution in [2.24, 2.45) is 0 Å². The zero-order chi connectivity index (χ0) is 14.0. The van der Waals surface area contributed by atoms with E-state index in [-0.39, 0.29) is 0 Å². The van der Waals surface area contributed by atoms with E-state index in [4.69, 9.17) is 0 Å². The maximum absolute atomic E-state index is 4.16. The Hall–Kier alpha value is -1.67. The molecule has 1 heterocycles. The number of aromatic nitrogens is 1. The molecule has 0 fully saturated rings. The third-order valence-electron chi connectivity index (χ3n) is 3.58. The highest BCUT2D eigenvalue weighted by Gasteiger charge is 2.09. The largest absolute Gasteiger partial charge is 0.310 e. The fourth-order valence-corrected chi connectivity index (χ4v) is 2.42. The van der Waals surface area contributed by atoms with E-state index in [1.807, 2.05) is 18.5 Å². The van der Waals surface area contributed by atoms with Gasteiger partial charge in [0.25, 0.3) is 0 Å². The first-order valence-electron chi connectivity index (χ1n) is 7.57. The first-order chi connectivity index (χ1) is 9.90. The predicted molar refractivity (Wildman–Crippen MR) is 84.7 cm³/mol. The molecule has 0 amide bonds. The molecule has 0 saturated heterocycles. The van der Waals surface area contributed by atoms with Crippen LogP contribution >= 0.6 is 0 Å². The quantitative estimate of drug-likeness (QED) is 0.778. The van der Waals surface area contributed by atoms with Crippen LogP contribution < -0.4 is 5.32 Å². The van der Waals surface area contributed by atoms with Gasteiger partial charge >= 0.3 is 0 Å². The molecule has 1 aromatic carbocycles. The van der Waals surface area contributed by atoms with Gasteiger partial charge < -0.3 is 5.32 Å². The second-order valence-corrected chi connectivity index (χ2v) is 5.17. The highest BCUT2D eigenvalue weighted by molar-refractivity contribution is 5.19. The van der Waals surface area contributed by atoms with E-state index >= 15 is 0 Å². The van der Waals surface area contributed by atoms with Crippen LogP contribution in [0.1, 0.15) is 43.4 Å². The Morgan fingerprint density at radius 1 is 1.10 bits per heavy atom. The normalized spacial score (nSPS) is 12.2. The number of benzene rings is 1. The smallest absolute Gasteiger partial charge is 0.0320 e. The molecule has 2 aromatic rings. The lowest BCUT2D eigenvalue weighted by atomic mass is 10.0. The topological polar surface area (TPSA) is 24.9 Å². The SMILES string of the molecule is CCCCC(NCCc1cccnc1)c1ccccc1. The molecular formula is C18H24N2. The van der Waals surface area contributed by atoms with Gasteiger partial charge in [0.15, 0.2) is 0 Å². The summed E-state index contributed by atoms with van der Waals surface area (Å²) >= 11 is 0. The summed E-state index contributed by atoms with van der Waals surface area (Å²) in [7, 11) is 0. The van der Waals surface area contributed by atoms with Crippen molar-refractivity contribution in [3.8, 4) is 0 Å². The van der Waals surface area contributed by atoms with Gasteiger partial charge in [0.2, 0.25) is 0 Å². The molecule has 1 unspecified atom stereocenters. The Bertz CT molecular complexity index is 467. The standard InChI is InChI=1S/C18H24N2/c1-2-3-11-18(17-9-5-4-6-10-17)20-14-12-16-8-7-13-19-15-16/h4-10,13,15,18,20H,2-3,11-12,14H2,1H3. The molecule has 1 aromatic heterocycles. The van der Waals surface area contributed by atoms with Gasteiger partial charge in [0, 0.05) is 18.4 Å². The molecule has 0 saturated carbocycles. The number of pyridine rings is 1. The Balaban J connectivity index is 1.88. The average molecular weight is 268 g/mol. The van der Waals surface area contributed by atoms with Gasteiger partial charge in [0.1, 0.15) is 0 Å². The van der Waals surface area contributed by atoms with Gasteiger partial charge in [-0.15, -0.1) is 0 Å². The summed E-state index contributed by atoms with van der Waals surface area (Å²) in [4.78, 5) is 4.16. The lowest BCUT2D eigenvalue weighted by Crippen LogP contribution is -2.23. The van der Waals surface area contributed by atoms with Gasteiger partial charge in [-0.2, -0.15) is 0 Å². The monoisotopic (exact) mass is 268 g/mol. The van der Waals surface area contributed by atoms with Crippen molar-refractivity contribution in [2.45, 2.75) is 38.6 Å². The number of rotatable bonds is 8. The number of unbranched alkanes of at least 4 members (excludes halogenated alkanes) is 1. The number of hydrogen-bond donors (Lipinski definition) is 1. The minimum absolute atomic E-state index is 0.466. The van der Waals surface area contributed by atoms with Crippen molar-refractivity contribution < 1.29 is 0 Å². The summed E-state index contributed by atoms with van der Waals surface area (Å²) in [6.07, 6.45) is 8.51. The number of hydrogen-bond acceptors (Lipinski definition) is 2. The number of nitrogens with one attached hydrogen (secondary N) is 1. The van der Waals surface area contributed by atoms with Crippen molar-refractivity contribution in [3.63, 3.8) is 0 Å². The summed E-state index contributed by atoms with van der Waals surface area (Å²) in [5, 5.41) is 3.69. The van der Waals surface area contributed by atoms with Crippen LogP contribution in [0, 0.1) is 0 Å². The first-order valence-corrected chi connectivity index (χ1v) is 7.57. The van der Waals surface area contributed by atoms with E-state index in [1.54, 1.807) is 0 Å².